The van der Waals surface area contributed by atoms with Gasteiger partial charge in [0.2, 0.25) is 0 Å². The van der Waals surface area contributed by atoms with Gasteiger partial charge in [-0.1, -0.05) is 32.1 Å². The number of rotatable bonds is 12. The van der Waals surface area contributed by atoms with Gasteiger partial charge in [0.05, 0.1) is 29.7 Å². The number of imidazole rings is 1. The fourth-order valence-electron chi connectivity index (χ4n) is 3.64. The third kappa shape index (κ3) is 5.79. The number of hydrogen-bond acceptors (Lipinski definition) is 6. The maximum Gasteiger partial charge on any atom is 0.311 e. The molecule has 1 saturated heterocycles. The molecule has 3 rings (SSSR count). The zero-order valence-corrected chi connectivity index (χ0v) is 17.2. The summed E-state index contributed by atoms with van der Waals surface area (Å²) in [7, 11) is -3.13. The summed E-state index contributed by atoms with van der Waals surface area (Å²) in [5, 5.41) is 9.29. The van der Waals surface area contributed by atoms with Gasteiger partial charge in [-0.05, 0) is 25.0 Å². The van der Waals surface area contributed by atoms with Crippen molar-refractivity contribution in [3.63, 3.8) is 0 Å². The number of aromatic nitrogens is 3. The van der Waals surface area contributed by atoms with Gasteiger partial charge in [-0.15, -0.1) is 0 Å². The molecule has 9 heteroatoms. The van der Waals surface area contributed by atoms with Crippen molar-refractivity contribution in [3.8, 4) is 11.6 Å². The van der Waals surface area contributed by atoms with Gasteiger partial charge >= 0.3 is 5.97 Å². The number of carboxylic acids is 1. The van der Waals surface area contributed by atoms with Crippen molar-refractivity contribution in [2.24, 2.45) is 5.41 Å². The highest BCUT2D eigenvalue weighted by atomic mass is 32.2. The van der Waals surface area contributed by atoms with E-state index in [2.05, 4.69) is 9.97 Å². The van der Waals surface area contributed by atoms with Gasteiger partial charge in [-0.3, -0.25) is 9.36 Å². The predicted molar refractivity (Wildman–Crippen MR) is 108 cm³/mol. The van der Waals surface area contributed by atoms with E-state index in [4.69, 9.17) is 4.74 Å². The van der Waals surface area contributed by atoms with Crippen LogP contribution in [0.2, 0.25) is 0 Å². The first-order valence-electron chi connectivity index (χ1n) is 9.91. The number of aliphatic carboxylic acids is 1. The number of carboxylic acid groups (broad SMARTS) is 1. The molecule has 0 spiro atoms. The van der Waals surface area contributed by atoms with Crippen molar-refractivity contribution in [1.29, 1.82) is 0 Å². The van der Waals surface area contributed by atoms with Crippen molar-refractivity contribution in [1.82, 2.24) is 14.5 Å². The molecule has 8 nitrogen and oxygen atoms in total. The minimum atomic E-state index is -3.13. The smallest absolute Gasteiger partial charge is 0.311 e. The van der Waals surface area contributed by atoms with E-state index in [1.807, 2.05) is 22.9 Å². The summed E-state index contributed by atoms with van der Waals surface area (Å²) in [5.74, 6) is 0.148. The Morgan fingerprint density at radius 2 is 1.86 bits per heavy atom. The molecule has 0 saturated carbocycles. The molecule has 29 heavy (non-hydrogen) atoms. The van der Waals surface area contributed by atoms with Gasteiger partial charge in [0.15, 0.2) is 9.84 Å². The number of carbonyl (C=O) groups is 1. The van der Waals surface area contributed by atoms with E-state index in [9.17, 15) is 18.3 Å². The lowest BCUT2D eigenvalue weighted by Gasteiger charge is -2.37. The number of sulfone groups is 1. The lowest BCUT2D eigenvalue weighted by molar-refractivity contribution is -0.147. The first-order valence-corrected chi connectivity index (χ1v) is 11.7. The van der Waals surface area contributed by atoms with Crippen LogP contribution in [0.15, 0.2) is 37.1 Å². The average molecular weight is 422 g/mol. The molecule has 0 aromatic carbocycles. The van der Waals surface area contributed by atoms with Crippen molar-refractivity contribution in [2.45, 2.75) is 44.9 Å². The van der Waals surface area contributed by atoms with Crippen LogP contribution in [-0.2, 0) is 14.6 Å². The van der Waals surface area contributed by atoms with Crippen molar-refractivity contribution in [3.05, 3.63) is 37.1 Å². The standard InChI is InChI=1S/C20H27N3O5S/c24-19(25)20(14-29(26,27)15-20)9-5-3-1-2-4-6-12-28-17-7-8-18(22-13-17)23-11-10-21-16-23/h7-8,10-11,13,16H,1-6,9,12,14-15H2,(H,24,25). The minimum Gasteiger partial charge on any atom is -0.492 e. The van der Waals surface area contributed by atoms with E-state index in [1.54, 1.807) is 18.7 Å². The van der Waals surface area contributed by atoms with Crippen LogP contribution in [0.4, 0.5) is 0 Å². The van der Waals surface area contributed by atoms with Crippen molar-refractivity contribution in [2.75, 3.05) is 18.1 Å². The molecule has 1 aliphatic rings. The number of ether oxygens (including phenoxy) is 1. The molecule has 158 valence electrons. The lowest BCUT2D eigenvalue weighted by atomic mass is 9.85. The Kier molecular flexibility index (Phi) is 6.89. The molecule has 0 atom stereocenters. The zero-order valence-electron chi connectivity index (χ0n) is 16.4. The molecule has 0 unspecified atom stereocenters. The van der Waals surface area contributed by atoms with E-state index in [1.165, 1.54) is 0 Å². The highest BCUT2D eigenvalue weighted by Crippen LogP contribution is 2.38. The second kappa shape index (κ2) is 9.39. The monoisotopic (exact) mass is 421 g/mol. The van der Waals surface area contributed by atoms with Gasteiger partial charge < -0.3 is 9.84 Å². The quantitative estimate of drug-likeness (QED) is 0.525. The molecule has 1 fully saturated rings. The fourth-order valence-corrected chi connectivity index (χ4v) is 5.78. The molecular formula is C20H27N3O5S. The molecule has 1 aliphatic heterocycles. The Hall–Kier alpha value is -2.42. The Labute approximate surface area is 170 Å². The van der Waals surface area contributed by atoms with Crippen LogP contribution in [0.25, 0.3) is 5.82 Å². The summed E-state index contributed by atoms with van der Waals surface area (Å²) in [6.07, 6.45) is 13.1. The predicted octanol–water partition coefficient (Wildman–Crippen LogP) is 2.88. The second-order valence-corrected chi connectivity index (χ2v) is 9.72. The number of nitrogens with zero attached hydrogens (tertiary/aromatic N) is 3. The molecule has 0 amide bonds. The third-order valence-corrected chi connectivity index (χ3v) is 7.24. The van der Waals surface area contributed by atoms with E-state index < -0.39 is 21.2 Å². The molecule has 0 aliphatic carbocycles. The van der Waals surface area contributed by atoms with Crippen LogP contribution in [0.5, 0.6) is 5.75 Å². The first kappa shape index (κ1) is 21.3. The van der Waals surface area contributed by atoms with Crippen LogP contribution in [-0.4, -0.2) is 52.1 Å². The summed E-state index contributed by atoms with van der Waals surface area (Å²) in [5.41, 5.74) is -1.03. The van der Waals surface area contributed by atoms with Gasteiger partial charge in [0, 0.05) is 12.4 Å². The number of hydrogen-bond donors (Lipinski definition) is 1. The van der Waals surface area contributed by atoms with E-state index in [-0.39, 0.29) is 11.5 Å². The van der Waals surface area contributed by atoms with Crippen LogP contribution in [0, 0.1) is 5.41 Å². The minimum absolute atomic E-state index is 0.204. The highest BCUT2D eigenvalue weighted by Gasteiger charge is 2.53. The van der Waals surface area contributed by atoms with Crippen LogP contribution >= 0.6 is 0 Å². The van der Waals surface area contributed by atoms with Gasteiger partial charge in [-0.2, -0.15) is 0 Å². The molecule has 3 heterocycles. The maximum absolute atomic E-state index is 11.3. The van der Waals surface area contributed by atoms with Crippen LogP contribution in [0.3, 0.4) is 0 Å². The van der Waals surface area contributed by atoms with Crippen LogP contribution in [0.1, 0.15) is 44.9 Å². The highest BCUT2D eigenvalue weighted by molar-refractivity contribution is 7.93. The summed E-state index contributed by atoms with van der Waals surface area (Å²) >= 11 is 0. The van der Waals surface area contributed by atoms with Gasteiger partial charge in [0.25, 0.3) is 0 Å². The Balaban J connectivity index is 1.23. The Morgan fingerprint density at radius 3 is 2.45 bits per heavy atom. The second-order valence-electron chi connectivity index (χ2n) is 7.66. The first-order chi connectivity index (χ1) is 13.9. The van der Waals surface area contributed by atoms with Crippen molar-refractivity contribution < 1.29 is 23.1 Å². The van der Waals surface area contributed by atoms with Crippen molar-refractivity contribution >= 4 is 15.8 Å². The summed E-state index contributed by atoms with van der Waals surface area (Å²) < 4.78 is 30.2. The largest absolute Gasteiger partial charge is 0.492 e. The van der Waals surface area contributed by atoms with E-state index >= 15 is 0 Å². The molecule has 0 radical (unpaired) electrons. The third-order valence-electron chi connectivity index (χ3n) is 5.25. The number of pyridine rings is 1. The van der Waals surface area contributed by atoms with E-state index in [0.717, 1.165) is 50.1 Å². The van der Waals surface area contributed by atoms with Crippen LogP contribution < -0.4 is 4.74 Å². The summed E-state index contributed by atoms with van der Waals surface area (Å²) in [6.45, 7) is 0.631. The van der Waals surface area contributed by atoms with E-state index in [0.29, 0.717) is 13.0 Å². The fraction of sp³-hybridized carbons (Fsp3) is 0.550. The number of unbranched alkanes of at least 4 members (excludes halogenated alkanes) is 5. The molecular weight excluding hydrogens is 394 g/mol. The maximum atomic E-state index is 11.3. The Bertz CT molecular complexity index is 883. The average Bonchev–Trinajstić information content (AvgIpc) is 3.20. The molecule has 2 aromatic rings. The SMILES string of the molecule is O=C(O)C1(CCCCCCCCOc2ccc(-n3ccnc3)nc2)CS(=O)(=O)C1. The zero-order chi connectivity index (χ0) is 20.7. The van der Waals surface area contributed by atoms with Gasteiger partial charge in [-0.25, -0.2) is 18.4 Å². The topological polar surface area (TPSA) is 111 Å². The lowest BCUT2D eigenvalue weighted by Crippen LogP contribution is -2.53. The summed E-state index contributed by atoms with van der Waals surface area (Å²) in [6, 6.07) is 3.77. The molecule has 1 N–H and O–H groups in total. The Morgan fingerprint density at radius 1 is 1.14 bits per heavy atom. The van der Waals surface area contributed by atoms with Gasteiger partial charge in [0.1, 0.15) is 17.9 Å². The molecule has 0 bridgehead atoms. The summed E-state index contributed by atoms with van der Waals surface area (Å²) in [4.78, 5) is 19.7. The normalized spacial score (nSPS) is 16.8. The molecule has 2 aromatic heterocycles.